The van der Waals surface area contributed by atoms with E-state index >= 15 is 0 Å². The van der Waals surface area contributed by atoms with E-state index in [1.165, 1.54) is 21.8 Å². The summed E-state index contributed by atoms with van der Waals surface area (Å²) < 4.78 is 85.3. The number of fused-ring (bicyclic) bond motifs is 1. The molecule has 15 heteroatoms. The fourth-order valence-electron chi connectivity index (χ4n) is 5.56. The lowest BCUT2D eigenvalue weighted by Gasteiger charge is -2.52. The van der Waals surface area contributed by atoms with Gasteiger partial charge in [0.15, 0.2) is 0 Å². The molecule has 0 radical (unpaired) electrons. The lowest BCUT2D eigenvalue weighted by Crippen LogP contribution is -2.71. The highest BCUT2D eigenvalue weighted by Gasteiger charge is 2.48. The number of methoxy groups -OCH3 is 1. The summed E-state index contributed by atoms with van der Waals surface area (Å²) in [4.78, 5) is 44.4. The van der Waals surface area contributed by atoms with Crippen molar-refractivity contribution in [2.45, 2.75) is 63.3 Å². The quantitative estimate of drug-likeness (QED) is 0.317. The van der Waals surface area contributed by atoms with Crippen molar-refractivity contribution >= 4 is 17.8 Å². The molecule has 2 aromatic rings. The van der Waals surface area contributed by atoms with Gasteiger partial charge in [-0.05, 0) is 55.6 Å². The number of amides is 4. The number of para-hydroxylation sites is 1. The van der Waals surface area contributed by atoms with Crippen molar-refractivity contribution in [3.63, 3.8) is 0 Å². The minimum absolute atomic E-state index is 0.0135. The third-order valence-corrected chi connectivity index (χ3v) is 7.69. The first-order valence-electron chi connectivity index (χ1n) is 14.0. The summed E-state index contributed by atoms with van der Waals surface area (Å²) in [5.41, 5.74) is 2.93. The number of carbonyl (C=O) groups excluding carboxylic acids is 3. The number of benzene rings is 2. The Balaban J connectivity index is 1.60. The average Bonchev–Trinajstić information content (AvgIpc) is 2.97. The fraction of sp³-hybridized carbons (Fsp3) is 0.483. The van der Waals surface area contributed by atoms with Crippen LogP contribution in [0.25, 0.3) is 0 Å². The maximum Gasteiger partial charge on any atom is 0.416 e. The van der Waals surface area contributed by atoms with E-state index in [4.69, 9.17) is 10.5 Å². The van der Waals surface area contributed by atoms with Crippen molar-refractivity contribution in [2.24, 2.45) is 5.73 Å². The molecule has 2 aliphatic heterocycles. The number of unbranched alkanes of at least 4 members (excludes halogenated alkanes) is 1. The third kappa shape index (κ3) is 7.37. The Kier molecular flexibility index (Phi) is 9.96. The molecule has 0 aliphatic carbocycles. The van der Waals surface area contributed by atoms with Gasteiger partial charge in [-0.15, -0.1) is 0 Å². The summed E-state index contributed by atoms with van der Waals surface area (Å²) in [6.45, 7) is -0.259. The molecule has 2 fully saturated rings. The zero-order valence-corrected chi connectivity index (χ0v) is 23.9. The van der Waals surface area contributed by atoms with Gasteiger partial charge in [0, 0.05) is 31.6 Å². The van der Waals surface area contributed by atoms with Crippen LogP contribution in [-0.4, -0.2) is 71.5 Å². The molecule has 4 amide bonds. The lowest BCUT2D eigenvalue weighted by atomic mass is 9.98. The molecular weight excluding hydrogens is 596 g/mol. The van der Waals surface area contributed by atoms with E-state index in [1.807, 2.05) is 0 Å². The highest BCUT2D eigenvalue weighted by atomic mass is 19.4. The number of nitrogens with two attached hydrogens (primary N) is 1. The number of halogens is 6. The standard InChI is InChI=1S/C29H33F6N5O4/c1-44-23-8-3-2-6-19(23)16-38-17-24-39(11-9-25(41)40(24)22(26(38)42)7-4-5-10-36)27(43)37-15-18-12-20(28(30,31)32)14-21(13-18)29(33,34)35/h2-3,6,8,12-14,22,24H,4-5,7,9-11,15-17,36H2,1H3,(H,37,43)/t22-,24?/m0/s1. The second-order valence-corrected chi connectivity index (χ2v) is 10.6. The van der Waals surface area contributed by atoms with Crippen molar-refractivity contribution < 1.29 is 45.5 Å². The maximum absolute atomic E-state index is 13.7. The number of urea groups is 1. The van der Waals surface area contributed by atoms with Gasteiger partial charge in [0.25, 0.3) is 0 Å². The predicted molar refractivity (Wildman–Crippen MR) is 146 cm³/mol. The first kappa shape index (κ1) is 32.9. The van der Waals surface area contributed by atoms with Crippen molar-refractivity contribution in [1.29, 1.82) is 0 Å². The van der Waals surface area contributed by atoms with Crippen LogP contribution in [-0.2, 0) is 35.0 Å². The molecule has 3 N–H and O–H groups in total. The number of piperazine rings is 1. The Morgan fingerprint density at radius 2 is 1.68 bits per heavy atom. The van der Waals surface area contributed by atoms with Crippen LogP contribution in [0.1, 0.15) is 47.9 Å². The van der Waals surface area contributed by atoms with Crippen LogP contribution in [0.15, 0.2) is 42.5 Å². The molecule has 0 bridgehead atoms. The minimum Gasteiger partial charge on any atom is -0.496 e. The van der Waals surface area contributed by atoms with Gasteiger partial charge >= 0.3 is 18.4 Å². The van der Waals surface area contributed by atoms with Crippen LogP contribution in [0.2, 0.25) is 0 Å². The topological polar surface area (TPSA) is 108 Å². The molecule has 240 valence electrons. The smallest absolute Gasteiger partial charge is 0.416 e. The number of carbonyl (C=O) groups is 3. The summed E-state index contributed by atoms with van der Waals surface area (Å²) in [7, 11) is 1.49. The van der Waals surface area contributed by atoms with Crippen molar-refractivity contribution in [3.05, 3.63) is 64.7 Å². The van der Waals surface area contributed by atoms with E-state index in [-0.39, 0.29) is 43.9 Å². The molecular formula is C29H33F6N5O4. The van der Waals surface area contributed by atoms with Crippen molar-refractivity contribution in [1.82, 2.24) is 20.0 Å². The van der Waals surface area contributed by atoms with E-state index in [0.29, 0.717) is 49.3 Å². The Morgan fingerprint density at radius 1 is 1.02 bits per heavy atom. The molecule has 0 aromatic heterocycles. The highest BCUT2D eigenvalue weighted by Crippen LogP contribution is 2.36. The van der Waals surface area contributed by atoms with Crippen molar-refractivity contribution in [3.8, 4) is 5.75 Å². The molecule has 4 rings (SSSR count). The molecule has 0 saturated carbocycles. The Bertz CT molecular complexity index is 1340. The van der Waals surface area contributed by atoms with Crippen LogP contribution in [0.3, 0.4) is 0 Å². The van der Waals surface area contributed by atoms with E-state index < -0.39 is 53.8 Å². The molecule has 0 spiro atoms. The average molecular weight is 630 g/mol. The van der Waals surface area contributed by atoms with Gasteiger partial charge in [0.05, 0.1) is 24.8 Å². The zero-order chi connectivity index (χ0) is 32.2. The van der Waals surface area contributed by atoms with Gasteiger partial charge in [-0.1, -0.05) is 18.2 Å². The first-order chi connectivity index (χ1) is 20.7. The summed E-state index contributed by atoms with van der Waals surface area (Å²) in [5.74, 6) is -0.116. The number of nitrogens with zero attached hydrogens (tertiary/aromatic N) is 3. The number of hydrogen-bond donors (Lipinski definition) is 2. The lowest BCUT2D eigenvalue weighted by molar-refractivity contribution is -0.167. The first-order valence-corrected chi connectivity index (χ1v) is 14.0. The van der Waals surface area contributed by atoms with E-state index in [2.05, 4.69) is 5.32 Å². The SMILES string of the molecule is COc1ccccc1CN1CC2N(C(=O)NCc3cc(C(F)(F)F)cc(C(F)(F)F)c3)CCC(=O)N2[C@@H](CCCCN)C1=O. The molecule has 2 saturated heterocycles. The van der Waals surface area contributed by atoms with E-state index in [0.717, 1.165) is 0 Å². The number of hydrogen-bond acceptors (Lipinski definition) is 5. The molecule has 1 unspecified atom stereocenters. The molecule has 2 atom stereocenters. The highest BCUT2D eigenvalue weighted by molar-refractivity contribution is 5.91. The second kappa shape index (κ2) is 13.3. The predicted octanol–water partition coefficient (Wildman–Crippen LogP) is 4.34. The number of alkyl halides is 6. The van der Waals surface area contributed by atoms with Gasteiger partial charge in [0.1, 0.15) is 18.0 Å². The zero-order valence-electron chi connectivity index (χ0n) is 23.9. The van der Waals surface area contributed by atoms with Crippen LogP contribution in [0, 0.1) is 0 Å². The summed E-state index contributed by atoms with van der Waals surface area (Å²) in [6.07, 6.45) is -9.67. The monoisotopic (exact) mass is 629 g/mol. The largest absolute Gasteiger partial charge is 0.496 e. The summed E-state index contributed by atoms with van der Waals surface area (Å²) in [6, 6.07) is 6.47. The normalized spacial score (nSPS) is 19.2. The van der Waals surface area contributed by atoms with Crippen LogP contribution in [0.4, 0.5) is 31.1 Å². The van der Waals surface area contributed by atoms with Gasteiger partial charge in [-0.3, -0.25) is 9.59 Å². The Labute approximate surface area is 249 Å². The summed E-state index contributed by atoms with van der Waals surface area (Å²) >= 11 is 0. The van der Waals surface area contributed by atoms with Crippen molar-refractivity contribution in [2.75, 3.05) is 26.7 Å². The van der Waals surface area contributed by atoms with Gasteiger partial charge < -0.3 is 30.5 Å². The summed E-state index contributed by atoms with van der Waals surface area (Å²) in [5, 5.41) is 2.41. The molecule has 2 aliphatic rings. The third-order valence-electron chi connectivity index (χ3n) is 7.69. The molecule has 44 heavy (non-hydrogen) atoms. The Morgan fingerprint density at radius 3 is 2.30 bits per heavy atom. The van der Waals surface area contributed by atoms with Crippen LogP contribution in [0.5, 0.6) is 5.75 Å². The number of ether oxygens (including phenoxy) is 1. The minimum atomic E-state index is -5.04. The van der Waals surface area contributed by atoms with Gasteiger partial charge in [-0.2, -0.15) is 26.3 Å². The maximum atomic E-state index is 13.7. The van der Waals surface area contributed by atoms with Crippen LogP contribution >= 0.6 is 0 Å². The van der Waals surface area contributed by atoms with E-state index in [1.54, 1.807) is 24.3 Å². The van der Waals surface area contributed by atoms with Gasteiger partial charge in [-0.25, -0.2) is 4.79 Å². The fourth-order valence-corrected chi connectivity index (χ4v) is 5.56. The molecule has 2 aromatic carbocycles. The second-order valence-electron chi connectivity index (χ2n) is 10.6. The molecule has 9 nitrogen and oxygen atoms in total. The number of nitrogens with one attached hydrogen (secondary N) is 1. The van der Waals surface area contributed by atoms with Gasteiger partial charge in [0.2, 0.25) is 11.8 Å². The Hall–Kier alpha value is -4.01. The van der Waals surface area contributed by atoms with E-state index in [9.17, 15) is 40.7 Å². The number of rotatable bonds is 9. The molecule has 2 heterocycles. The van der Waals surface area contributed by atoms with Crippen LogP contribution < -0.4 is 15.8 Å².